The minimum absolute atomic E-state index is 0. The van der Waals surface area contributed by atoms with Crippen LogP contribution < -0.4 is 14.8 Å². The second-order valence-corrected chi connectivity index (χ2v) is 11.5. The van der Waals surface area contributed by atoms with Crippen LogP contribution in [0.25, 0.3) is 22.3 Å². The fraction of sp³-hybridized carbons (Fsp3) is 0.273. The number of hydrogen-bond donors (Lipinski definition) is 2. The lowest BCUT2D eigenvalue weighted by atomic mass is 9.94. The lowest BCUT2D eigenvalue weighted by molar-refractivity contribution is -0.146. The number of carboxylic acids is 1. The molecule has 0 bridgehead atoms. The van der Waals surface area contributed by atoms with E-state index in [4.69, 9.17) is 37.8 Å². The molecule has 0 spiro atoms. The molecule has 0 saturated carbocycles. The van der Waals surface area contributed by atoms with Crippen LogP contribution in [0, 0.1) is 23.3 Å². The molecule has 2 aromatic carbocycles. The van der Waals surface area contributed by atoms with Gasteiger partial charge in [0.15, 0.2) is 12.2 Å². The van der Waals surface area contributed by atoms with Gasteiger partial charge in [-0.3, -0.25) is 4.79 Å². The maximum absolute atomic E-state index is 14.1. The Hall–Kier alpha value is -4.63. The van der Waals surface area contributed by atoms with E-state index in [2.05, 4.69) is 9.97 Å². The number of halogens is 9. The molecule has 266 valence electrons. The van der Waals surface area contributed by atoms with Crippen LogP contribution in [0.4, 0.5) is 30.7 Å². The molecule has 2 aromatic heterocycles. The Bertz CT molecular complexity index is 1930. The van der Waals surface area contributed by atoms with Crippen LogP contribution in [0.1, 0.15) is 31.4 Å². The molecule has 0 radical (unpaired) electrons. The smallest absolute Gasteiger partial charge is 0.405 e. The van der Waals surface area contributed by atoms with E-state index in [9.17, 15) is 40.3 Å². The van der Waals surface area contributed by atoms with Gasteiger partial charge in [0, 0.05) is 34.4 Å². The zero-order valence-corrected chi connectivity index (χ0v) is 26.2. The van der Waals surface area contributed by atoms with E-state index < -0.39 is 60.1 Å². The third-order valence-corrected chi connectivity index (χ3v) is 7.79. The van der Waals surface area contributed by atoms with Crippen molar-refractivity contribution in [2.75, 3.05) is 6.54 Å². The lowest BCUT2D eigenvalue weighted by Gasteiger charge is -2.26. The normalized spacial score (nSPS) is 16.3. The summed E-state index contributed by atoms with van der Waals surface area (Å²) in [4.78, 5) is 30.8. The van der Waals surface area contributed by atoms with E-state index in [0.717, 1.165) is 18.2 Å². The first-order chi connectivity index (χ1) is 23.1. The molecule has 8 nitrogen and oxygen atoms in total. The molecule has 2 unspecified atom stereocenters. The Morgan fingerprint density at radius 3 is 1.62 bits per heavy atom. The number of hydrogen-bond acceptors (Lipinski definition) is 6. The van der Waals surface area contributed by atoms with E-state index >= 15 is 0 Å². The van der Waals surface area contributed by atoms with Crippen LogP contribution >= 0.6 is 23.2 Å². The molecular formula is C33H26Cl2F7N3O5. The van der Waals surface area contributed by atoms with Crippen LogP contribution in [0.5, 0.6) is 11.8 Å². The number of amides is 1. The minimum Gasteiger partial charge on any atom is -0.479 e. The topological polar surface area (TPSA) is 111 Å². The summed E-state index contributed by atoms with van der Waals surface area (Å²) in [5.41, 5.74) is 1.98. The number of aliphatic carboxylic acids is 1. The van der Waals surface area contributed by atoms with Crippen LogP contribution in [0.2, 0.25) is 10.3 Å². The van der Waals surface area contributed by atoms with E-state index in [0.29, 0.717) is 34.7 Å². The summed E-state index contributed by atoms with van der Waals surface area (Å²) >= 11 is 11.8. The van der Waals surface area contributed by atoms with E-state index in [1.807, 2.05) is 0 Å². The van der Waals surface area contributed by atoms with Gasteiger partial charge in [-0.1, -0.05) is 30.6 Å². The van der Waals surface area contributed by atoms with Gasteiger partial charge >= 0.3 is 12.1 Å². The molecule has 1 amide bonds. The molecule has 2 aliphatic rings. The predicted molar refractivity (Wildman–Crippen MR) is 168 cm³/mol. The fourth-order valence-corrected chi connectivity index (χ4v) is 5.58. The Kier molecular flexibility index (Phi) is 11.8. The molecule has 0 fully saturated rings. The highest BCUT2D eigenvalue weighted by atomic mass is 35.5. The van der Waals surface area contributed by atoms with Gasteiger partial charge in [-0.05, 0) is 73.2 Å². The van der Waals surface area contributed by atoms with Gasteiger partial charge in [-0.25, -0.2) is 32.3 Å². The lowest BCUT2D eigenvalue weighted by Crippen LogP contribution is -2.44. The molecule has 2 atom stereocenters. The summed E-state index contributed by atoms with van der Waals surface area (Å²) in [5, 5.41) is 10.7. The predicted octanol–water partition coefficient (Wildman–Crippen LogP) is 8.15. The molecule has 4 heterocycles. The number of carboxylic acid groups (broad SMARTS) is 1. The van der Waals surface area contributed by atoms with Crippen molar-refractivity contribution in [3.8, 4) is 34.0 Å². The van der Waals surface area contributed by atoms with Gasteiger partial charge in [0.25, 0.3) is 5.91 Å². The molecule has 6 rings (SSSR count). The van der Waals surface area contributed by atoms with Gasteiger partial charge in [0.05, 0.1) is 0 Å². The number of alkyl halides is 3. The van der Waals surface area contributed by atoms with Gasteiger partial charge < -0.3 is 19.9 Å². The van der Waals surface area contributed by atoms with Crippen LogP contribution in [-0.4, -0.2) is 51.9 Å². The molecule has 2 N–H and O–H groups in total. The number of nitrogens with zero attached hydrogens (tertiary/aromatic N) is 2. The van der Waals surface area contributed by atoms with Crippen molar-refractivity contribution in [3.05, 3.63) is 93.2 Å². The largest absolute Gasteiger partial charge is 0.479 e. The summed E-state index contributed by atoms with van der Waals surface area (Å²) in [5.74, 6) is -5.00. The minimum atomic E-state index is -4.54. The van der Waals surface area contributed by atoms with Gasteiger partial charge in [0.1, 0.15) is 40.1 Å². The summed E-state index contributed by atoms with van der Waals surface area (Å²) in [7, 11) is 0. The molecule has 0 saturated heterocycles. The third-order valence-electron chi connectivity index (χ3n) is 7.40. The number of benzene rings is 2. The van der Waals surface area contributed by atoms with Crippen LogP contribution in [0.3, 0.4) is 0 Å². The van der Waals surface area contributed by atoms with E-state index in [1.165, 1.54) is 24.3 Å². The highest BCUT2D eigenvalue weighted by Crippen LogP contribution is 2.39. The van der Waals surface area contributed by atoms with Crippen molar-refractivity contribution in [3.63, 3.8) is 0 Å². The van der Waals surface area contributed by atoms with Crippen molar-refractivity contribution in [1.82, 2.24) is 15.3 Å². The standard InChI is InChI=1S/C17H12ClF5N2O2.C15H10ClF2NO3.CH4/c18-14-6-11(9-2-1-8(19)5-12(9)20)10-3-4-13(27-16(10)25-14)15(26)24-7-17(21,22)23;16-13-6-10(8-2-1-7(17)5-11(8)18)9-3-4-12(15(20)21)22-14(9)19-13;/h1-2,5-6,13H,3-4,7H2,(H,24,26);1-2,5-6,12H,3-4H2,(H,20,21);1H4. The highest BCUT2D eigenvalue weighted by molar-refractivity contribution is 6.30. The van der Waals surface area contributed by atoms with Gasteiger partial charge in [-0.15, -0.1) is 0 Å². The summed E-state index contributed by atoms with van der Waals surface area (Å²) in [6.07, 6.45) is -5.90. The monoisotopic (exact) mass is 747 g/mol. The number of fused-ring (bicyclic) bond motifs is 2. The van der Waals surface area contributed by atoms with Gasteiger partial charge in [0.2, 0.25) is 11.8 Å². The molecule has 17 heteroatoms. The van der Waals surface area contributed by atoms with Crippen LogP contribution in [-0.2, 0) is 22.4 Å². The quantitative estimate of drug-likeness (QED) is 0.157. The highest BCUT2D eigenvalue weighted by Gasteiger charge is 2.34. The number of carbonyl (C=O) groups excluding carboxylic acids is 1. The van der Waals surface area contributed by atoms with Crippen LogP contribution in [0.15, 0.2) is 48.5 Å². The SMILES string of the molecule is C.O=C(NCC(F)(F)F)C1CCc2c(-c3ccc(F)cc3F)cc(Cl)nc2O1.O=C(O)C1CCc2c(-c3ccc(F)cc3F)cc(Cl)nc2O1. The molecule has 0 aliphatic carbocycles. The number of pyridine rings is 2. The average molecular weight is 748 g/mol. The van der Waals surface area contributed by atoms with Gasteiger partial charge in [-0.2, -0.15) is 13.2 Å². The Morgan fingerprint density at radius 2 is 1.20 bits per heavy atom. The number of carbonyl (C=O) groups is 2. The first kappa shape index (κ1) is 38.2. The molecular weight excluding hydrogens is 722 g/mol. The number of aromatic nitrogens is 2. The fourth-order valence-electron chi connectivity index (χ4n) is 5.21. The maximum atomic E-state index is 14.1. The zero-order chi connectivity index (χ0) is 35.6. The van der Waals surface area contributed by atoms with Crippen molar-refractivity contribution < 1.29 is 54.9 Å². The second kappa shape index (κ2) is 15.5. The maximum Gasteiger partial charge on any atom is 0.405 e. The molecule has 4 aromatic rings. The number of rotatable bonds is 5. The summed E-state index contributed by atoms with van der Waals surface area (Å²) in [6.45, 7) is -1.48. The third kappa shape index (κ3) is 8.93. The number of ether oxygens (including phenoxy) is 2. The molecule has 2 aliphatic heterocycles. The van der Waals surface area contributed by atoms with E-state index in [1.54, 1.807) is 5.32 Å². The summed E-state index contributed by atoms with van der Waals surface area (Å²) in [6, 6.07) is 9.09. The first-order valence-corrected chi connectivity index (χ1v) is 15.1. The van der Waals surface area contributed by atoms with Crippen molar-refractivity contribution in [2.45, 2.75) is 51.5 Å². The first-order valence-electron chi connectivity index (χ1n) is 14.3. The van der Waals surface area contributed by atoms with Crippen molar-refractivity contribution in [1.29, 1.82) is 0 Å². The van der Waals surface area contributed by atoms with Crippen molar-refractivity contribution >= 4 is 35.1 Å². The average Bonchev–Trinajstić information content (AvgIpc) is 3.02. The van der Waals surface area contributed by atoms with E-state index in [-0.39, 0.29) is 59.9 Å². The van der Waals surface area contributed by atoms with Crippen molar-refractivity contribution in [2.24, 2.45) is 0 Å². The number of nitrogens with one attached hydrogen (secondary N) is 1. The second-order valence-electron chi connectivity index (χ2n) is 10.8. The summed E-state index contributed by atoms with van der Waals surface area (Å²) < 4.78 is 102. The molecule has 50 heavy (non-hydrogen) atoms. The zero-order valence-electron chi connectivity index (χ0n) is 24.7. The Labute approximate surface area is 290 Å². The Morgan fingerprint density at radius 1 is 0.760 bits per heavy atom. The Balaban J connectivity index is 0.000000225.